The van der Waals surface area contributed by atoms with Crippen LogP contribution in [0.3, 0.4) is 0 Å². The van der Waals surface area contributed by atoms with E-state index in [1.165, 1.54) is 6.07 Å². The zero-order valence-electron chi connectivity index (χ0n) is 12.6. The third kappa shape index (κ3) is 4.04. The molecule has 0 fully saturated rings. The lowest BCUT2D eigenvalue weighted by Crippen LogP contribution is -2.48. The van der Waals surface area contributed by atoms with Gasteiger partial charge in [0.25, 0.3) is 0 Å². The Morgan fingerprint density at radius 3 is 2.60 bits per heavy atom. The van der Waals surface area contributed by atoms with Crippen molar-refractivity contribution in [3.8, 4) is 0 Å². The van der Waals surface area contributed by atoms with Gasteiger partial charge in [-0.2, -0.15) is 0 Å². The van der Waals surface area contributed by atoms with Crippen LogP contribution < -0.4 is 11.1 Å². The molecule has 1 amide bonds. The number of unbranched alkanes of at least 4 members (excludes halogenated alkanes) is 1. The molecule has 0 heterocycles. The van der Waals surface area contributed by atoms with Crippen LogP contribution in [0, 0.1) is 5.82 Å². The van der Waals surface area contributed by atoms with E-state index in [0.717, 1.165) is 19.3 Å². The summed E-state index contributed by atoms with van der Waals surface area (Å²) in [4.78, 5) is 12.4. The van der Waals surface area contributed by atoms with E-state index in [9.17, 15) is 9.18 Å². The van der Waals surface area contributed by atoms with Crippen molar-refractivity contribution in [1.82, 2.24) is 5.32 Å². The van der Waals surface area contributed by atoms with Crippen LogP contribution in [0.15, 0.2) is 24.3 Å². The number of carbonyl (C=O) groups excluding carboxylic acids is 1. The highest BCUT2D eigenvalue weighted by Crippen LogP contribution is 2.26. The van der Waals surface area contributed by atoms with Crippen molar-refractivity contribution in [1.29, 1.82) is 0 Å². The molecule has 3 N–H and O–H groups in total. The molecule has 20 heavy (non-hydrogen) atoms. The standard InChI is InChI=1S/C16H25FN2O/c1-4-5-8-12(11-18)19-15(20)16(2,3)13-9-6-7-10-14(13)17/h6-7,9-10,12H,4-5,8,11,18H2,1-3H3,(H,19,20). The Balaban J connectivity index is 2.81. The van der Waals surface area contributed by atoms with Crippen molar-refractivity contribution in [2.45, 2.75) is 51.5 Å². The average molecular weight is 280 g/mol. The van der Waals surface area contributed by atoms with Gasteiger partial charge in [0, 0.05) is 18.2 Å². The molecule has 0 bridgehead atoms. The number of nitrogens with two attached hydrogens (primary N) is 1. The van der Waals surface area contributed by atoms with Gasteiger partial charge in [0.1, 0.15) is 5.82 Å². The van der Waals surface area contributed by atoms with Crippen LogP contribution in [-0.4, -0.2) is 18.5 Å². The van der Waals surface area contributed by atoms with Gasteiger partial charge >= 0.3 is 0 Å². The Bertz CT molecular complexity index is 446. The minimum Gasteiger partial charge on any atom is -0.351 e. The first-order chi connectivity index (χ1) is 9.43. The molecule has 0 aliphatic carbocycles. The lowest BCUT2D eigenvalue weighted by molar-refractivity contribution is -0.126. The molecule has 0 saturated carbocycles. The maximum Gasteiger partial charge on any atom is 0.230 e. The summed E-state index contributed by atoms with van der Waals surface area (Å²) in [5.41, 5.74) is 5.18. The second kappa shape index (κ2) is 7.39. The molecular weight excluding hydrogens is 255 g/mol. The minimum atomic E-state index is -0.912. The molecule has 3 nitrogen and oxygen atoms in total. The van der Waals surface area contributed by atoms with Gasteiger partial charge in [-0.15, -0.1) is 0 Å². The van der Waals surface area contributed by atoms with Crippen LogP contribution in [0.2, 0.25) is 0 Å². The van der Waals surface area contributed by atoms with Gasteiger partial charge in [-0.25, -0.2) is 4.39 Å². The van der Waals surface area contributed by atoms with Crippen LogP contribution in [-0.2, 0) is 10.2 Å². The number of halogens is 1. The number of hydrogen-bond donors (Lipinski definition) is 2. The van der Waals surface area contributed by atoms with Crippen LogP contribution >= 0.6 is 0 Å². The predicted octanol–water partition coefficient (Wildman–Crippen LogP) is 2.74. The molecule has 1 rings (SSSR count). The van der Waals surface area contributed by atoms with Gasteiger partial charge in [-0.05, 0) is 26.3 Å². The van der Waals surface area contributed by atoms with E-state index >= 15 is 0 Å². The average Bonchev–Trinajstić information content (AvgIpc) is 2.43. The van der Waals surface area contributed by atoms with Crippen LogP contribution in [0.25, 0.3) is 0 Å². The van der Waals surface area contributed by atoms with Crippen LogP contribution in [0.1, 0.15) is 45.6 Å². The van der Waals surface area contributed by atoms with Crippen molar-refractivity contribution < 1.29 is 9.18 Å². The number of hydrogen-bond acceptors (Lipinski definition) is 2. The van der Waals surface area contributed by atoms with E-state index in [0.29, 0.717) is 12.1 Å². The van der Waals surface area contributed by atoms with Gasteiger partial charge in [0.2, 0.25) is 5.91 Å². The smallest absolute Gasteiger partial charge is 0.230 e. The highest BCUT2D eigenvalue weighted by Gasteiger charge is 2.33. The zero-order chi connectivity index (χ0) is 15.2. The number of amides is 1. The van der Waals surface area contributed by atoms with Crippen molar-refractivity contribution in [3.63, 3.8) is 0 Å². The molecular formula is C16H25FN2O. The molecule has 0 aliphatic rings. The van der Waals surface area contributed by atoms with Crippen molar-refractivity contribution >= 4 is 5.91 Å². The summed E-state index contributed by atoms with van der Waals surface area (Å²) >= 11 is 0. The fourth-order valence-electron chi connectivity index (χ4n) is 2.16. The first kappa shape index (κ1) is 16.6. The topological polar surface area (TPSA) is 55.1 Å². The molecule has 0 radical (unpaired) electrons. The van der Waals surface area contributed by atoms with E-state index in [-0.39, 0.29) is 17.8 Å². The van der Waals surface area contributed by atoms with Gasteiger partial charge in [-0.3, -0.25) is 4.79 Å². The Morgan fingerprint density at radius 2 is 2.05 bits per heavy atom. The van der Waals surface area contributed by atoms with Gasteiger partial charge in [0.05, 0.1) is 5.41 Å². The normalized spacial score (nSPS) is 13.1. The van der Waals surface area contributed by atoms with Crippen molar-refractivity contribution in [3.05, 3.63) is 35.6 Å². The number of nitrogens with one attached hydrogen (secondary N) is 1. The maximum atomic E-state index is 13.9. The van der Waals surface area contributed by atoms with Gasteiger partial charge in [0.15, 0.2) is 0 Å². The van der Waals surface area contributed by atoms with E-state index in [1.807, 2.05) is 0 Å². The molecule has 1 aromatic carbocycles. The summed E-state index contributed by atoms with van der Waals surface area (Å²) in [6, 6.07) is 6.34. The first-order valence-electron chi connectivity index (χ1n) is 7.19. The van der Waals surface area contributed by atoms with Crippen LogP contribution in [0.4, 0.5) is 4.39 Å². The minimum absolute atomic E-state index is 0.0477. The summed E-state index contributed by atoms with van der Waals surface area (Å²) < 4.78 is 13.9. The number of benzene rings is 1. The van der Waals surface area contributed by atoms with Gasteiger partial charge in [-0.1, -0.05) is 38.0 Å². The molecule has 4 heteroatoms. The quantitative estimate of drug-likeness (QED) is 0.807. The van der Waals surface area contributed by atoms with E-state index in [1.54, 1.807) is 32.0 Å². The molecule has 0 aromatic heterocycles. The Hall–Kier alpha value is -1.42. The van der Waals surface area contributed by atoms with Crippen molar-refractivity contribution in [2.75, 3.05) is 6.54 Å². The SMILES string of the molecule is CCCCC(CN)NC(=O)C(C)(C)c1ccccc1F. The third-order valence-electron chi connectivity index (χ3n) is 3.64. The molecule has 1 aromatic rings. The molecule has 0 aliphatic heterocycles. The second-order valence-corrected chi connectivity index (χ2v) is 5.65. The third-order valence-corrected chi connectivity index (χ3v) is 3.64. The monoisotopic (exact) mass is 280 g/mol. The summed E-state index contributed by atoms with van der Waals surface area (Å²) in [6.07, 6.45) is 2.93. The highest BCUT2D eigenvalue weighted by atomic mass is 19.1. The van der Waals surface area contributed by atoms with Crippen LogP contribution in [0.5, 0.6) is 0 Å². The van der Waals surface area contributed by atoms with E-state index in [4.69, 9.17) is 5.73 Å². The molecule has 0 saturated heterocycles. The Labute approximate surface area is 120 Å². The van der Waals surface area contributed by atoms with E-state index < -0.39 is 5.41 Å². The summed E-state index contributed by atoms with van der Waals surface area (Å²) in [6.45, 7) is 5.96. The molecule has 112 valence electrons. The zero-order valence-corrected chi connectivity index (χ0v) is 12.6. The largest absolute Gasteiger partial charge is 0.351 e. The maximum absolute atomic E-state index is 13.9. The predicted molar refractivity (Wildman–Crippen MR) is 79.9 cm³/mol. The lowest BCUT2D eigenvalue weighted by Gasteiger charge is -2.27. The Kier molecular flexibility index (Phi) is 6.14. The number of carbonyl (C=O) groups is 1. The van der Waals surface area contributed by atoms with E-state index in [2.05, 4.69) is 12.2 Å². The second-order valence-electron chi connectivity index (χ2n) is 5.65. The Morgan fingerprint density at radius 1 is 1.40 bits per heavy atom. The molecule has 0 spiro atoms. The fraction of sp³-hybridized carbons (Fsp3) is 0.562. The fourth-order valence-corrected chi connectivity index (χ4v) is 2.16. The lowest BCUT2D eigenvalue weighted by atomic mass is 9.83. The number of rotatable bonds is 7. The van der Waals surface area contributed by atoms with Gasteiger partial charge < -0.3 is 11.1 Å². The highest BCUT2D eigenvalue weighted by molar-refractivity contribution is 5.87. The summed E-state index contributed by atoms with van der Waals surface area (Å²) in [5, 5.41) is 2.94. The molecule has 1 atom stereocenters. The summed E-state index contributed by atoms with van der Waals surface area (Å²) in [5.74, 6) is -0.542. The first-order valence-corrected chi connectivity index (χ1v) is 7.19. The molecule has 1 unspecified atom stereocenters. The summed E-state index contributed by atoms with van der Waals surface area (Å²) in [7, 11) is 0. The van der Waals surface area contributed by atoms with Crippen molar-refractivity contribution in [2.24, 2.45) is 5.73 Å².